The molecule has 0 bridgehead atoms. The molecule has 0 saturated carbocycles. The van der Waals surface area contributed by atoms with Crippen LogP contribution in [0.4, 0.5) is 28.7 Å². The fourth-order valence-electron chi connectivity index (χ4n) is 4.88. The van der Waals surface area contributed by atoms with Crippen LogP contribution in [-0.2, 0) is 9.59 Å². The molecule has 3 aromatic rings. The van der Waals surface area contributed by atoms with Gasteiger partial charge in [-0.25, -0.2) is 9.97 Å². The van der Waals surface area contributed by atoms with Crippen LogP contribution in [0.5, 0.6) is 5.88 Å². The molecule has 0 unspecified atom stereocenters. The van der Waals surface area contributed by atoms with E-state index in [2.05, 4.69) is 15.3 Å². The van der Waals surface area contributed by atoms with E-state index in [0.717, 1.165) is 36.2 Å². The zero-order chi connectivity index (χ0) is 23.2. The lowest BCUT2D eigenvalue weighted by atomic mass is 10.1. The Balaban J connectivity index is 1.22. The Morgan fingerprint density at radius 2 is 1.91 bits per heavy atom. The smallest absolute Gasteiger partial charge is 0.238 e. The molecule has 0 radical (unpaired) electrons. The van der Waals surface area contributed by atoms with Crippen LogP contribution >= 0.6 is 0 Å². The average molecular weight is 457 g/mol. The summed E-state index contributed by atoms with van der Waals surface area (Å²) in [6, 6.07) is 13.5. The Morgan fingerprint density at radius 3 is 2.68 bits per heavy atom. The highest BCUT2D eigenvalue weighted by atomic mass is 16.5. The molecule has 34 heavy (non-hydrogen) atoms. The maximum Gasteiger partial charge on any atom is 0.238 e. The summed E-state index contributed by atoms with van der Waals surface area (Å²) in [6.07, 6.45) is 4.48. The third-order valence-electron chi connectivity index (χ3n) is 6.59. The molecule has 0 spiro atoms. The minimum Gasteiger partial charge on any atom is -0.474 e. The number of benzene rings is 1. The van der Waals surface area contributed by atoms with E-state index in [1.807, 2.05) is 47.4 Å². The van der Waals surface area contributed by atoms with Gasteiger partial charge in [-0.1, -0.05) is 12.1 Å². The largest absolute Gasteiger partial charge is 0.474 e. The number of ether oxygens (including phenoxy) is 1. The number of aromatic nitrogens is 2. The normalized spacial score (nSPS) is 19.1. The van der Waals surface area contributed by atoms with Crippen molar-refractivity contribution in [3.63, 3.8) is 0 Å². The zero-order valence-corrected chi connectivity index (χ0v) is 18.5. The first-order chi connectivity index (χ1) is 16.6. The molecule has 2 aromatic heterocycles. The van der Waals surface area contributed by atoms with Crippen molar-refractivity contribution in [3.05, 3.63) is 48.7 Å². The maximum absolute atomic E-state index is 12.3. The number of nitrogens with zero attached hydrogens (tertiary/aromatic N) is 4. The molecule has 0 aliphatic carbocycles. The second-order valence-electron chi connectivity index (χ2n) is 8.77. The van der Waals surface area contributed by atoms with Gasteiger partial charge in [0.2, 0.25) is 17.7 Å². The summed E-state index contributed by atoms with van der Waals surface area (Å²) in [7, 11) is 0. The minimum atomic E-state index is 0.0695. The van der Waals surface area contributed by atoms with Gasteiger partial charge in [0, 0.05) is 30.6 Å². The third kappa shape index (κ3) is 3.49. The lowest BCUT2D eigenvalue weighted by Crippen LogP contribution is -2.40. The van der Waals surface area contributed by atoms with Gasteiger partial charge in [0.25, 0.3) is 0 Å². The summed E-state index contributed by atoms with van der Waals surface area (Å²) in [5, 5.41) is 3.23. The van der Waals surface area contributed by atoms with Crippen LogP contribution in [0.25, 0.3) is 11.1 Å². The van der Waals surface area contributed by atoms with E-state index in [1.54, 1.807) is 11.1 Å². The van der Waals surface area contributed by atoms with Crippen LogP contribution in [0.2, 0.25) is 0 Å². The Bertz CT molecular complexity index is 1290. The standard InChI is InChI=1S/C25H24N6O3/c26-24-19(15-3-5-17(6-4-15)30-11-1-2-22(30)32)8-9-21(29-24)28-16-12-20-25(27-13-16)34-14-18-7-10-23(33)31(18)20/h3-6,8-9,12-13,18H,1-2,7,10-11,14H2,(H3,26,28,29)/t18-/m0/s1. The number of fused-ring (bicyclic) bond motifs is 3. The van der Waals surface area contributed by atoms with Crippen LogP contribution < -0.4 is 25.6 Å². The highest BCUT2D eigenvalue weighted by Gasteiger charge is 2.38. The number of anilines is 5. The second kappa shape index (κ2) is 8.02. The molecule has 5 heterocycles. The van der Waals surface area contributed by atoms with Crippen molar-refractivity contribution in [3.8, 4) is 17.0 Å². The van der Waals surface area contributed by atoms with Crippen molar-refractivity contribution in [2.24, 2.45) is 0 Å². The number of hydrogen-bond acceptors (Lipinski definition) is 7. The molecule has 9 heteroatoms. The predicted octanol–water partition coefficient (Wildman–Crippen LogP) is 3.48. The second-order valence-corrected chi connectivity index (χ2v) is 8.77. The summed E-state index contributed by atoms with van der Waals surface area (Å²) >= 11 is 0. The highest BCUT2D eigenvalue weighted by Crippen LogP contribution is 2.39. The van der Waals surface area contributed by atoms with Gasteiger partial charge in [-0.2, -0.15) is 0 Å². The van der Waals surface area contributed by atoms with E-state index in [4.69, 9.17) is 10.5 Å². The van der Waals surface area contributed by atoms with Gasteiger partial charge >= 0.3 is 0 Å². The van der Waals surface area contributed by atoms with Gasteiger partial charge in [-0.3, -0.25) is 9.59 Å². The Kier molecular flexibility index (Phi) is 4.83. The van der Waals surface area contributed by atoms with E-state index >= 15 is 0 Å². The number of amides is 2. The molecular formula is C25H24N6O3. The molecule has 6 rings (SSSR count). The first-order valence-electron chi connectivity index (χ1n) is 11.5. The van der Waals surface area contributed by atoms with Crippen LogP contribution in [0.3, 0.4) is 0 Å². The first kappa shape index (κ1) is 20.5. The summed E-state index contributed by atoms with van der Waals surface area (Å²) in [5.74, 6) is 1.69. The van der Waals surface area contributed by atoms with E-state index in [-0.39, 0.29) is 17.9 Å². The maximum atomic E-state index is 12.3. The van der Waals surface area contributed by atoms with Crippen molar-refractivity contribution in [1.29, 1.82) is 0 Å². The van der Waals surface area contributed by atoms with E-state index in [9.17, 15) is 9.59 Å². The monoisotopic (exact) mass is 456 g/mol. The number of nitrogen functional groups attached to an aromatic ring is 1. The quantitative estimate of drug-likeness (QED) is 0.618. The van der Waals surface area contributed by atoms with Crippen LogP contribution in [0.15, 0.2) is 48.7 Å². The van der Waals surface area contributed by atoms with Crippen LogP contribution in [-0.4, -0.2) is 41.0 Å². The van der Waals surface area contributed by atoms with Crippen LogP contribution in [0, 0.1) is 0 Å². The fraction of sp³-hybridized carbons (Fsp3) is 0.280. The van der Waals surface area contributed by atoms with Gasteiger partial charge in [-0.15, -0.1) is 0 Å². The molecule has 1 aromatic carbocycles. The predicted molar refractivity (Wildman–Crippen MR) is 129 cm³/mol. The van der Waals surface area contributed by atoms with E-state index in [0.29, 0.717) is 48.3 Å². The lowest BCUT2D eigenvalue weighted by Gasteiger charge is -2.31. The number of pyridine rings is 2. The van der Waals surface area contributed by atoms with Crippen LogP contribution in [0.1, 0.15) is 25.7 Å². The number of rotatable bonds is 4. The molecule has 3 N–H and O–H groups in total. The van der Waals surface area contributed by atoms with Crippen molar-refractivity contribution >= 4 is 40.5 Å². The number of hydrogen-bond donors (Lipinski definition) is 2. The number of carbonyl (C=O) groups is 2. The topological polar surface area (TPSA) is 114 Å². The fourth-order valence-corrected chi connectivity index (χ4v) is 4.88. The first-order valence-corrected chi connectivity index (χ1v) is 11.5. The number of nitrogens with two attached hydrogens (primary N) is 1. The summed E-state index contributed by atoms with van der Waals surface area (Å²) in [5.41, 5.74) is 10.3. The van der Waals surface area contributed by atoms with Crippen molar-refractivity contribution in [2.45, 2.75) is 31.7 Å². The van der Waals surface area contributed by atoms with Crippen molar-refractivity contribution < 1.29 is 14.3 Å². The van der Waals surface area contributed by atoms with Gasteiger partial charge in [0.15, 0.2) is 0 Å². The van der Waals surface area contributed by atoms with Gasteiger partial charge in [0.05, 0.1) is 17.9 Å². The Morgan fingerprint density at radius 1 is 1.06 bits per heavy atom. The van der Waals surface area contributed by atoms with E-state index in [1.165, 1.54) is 0 Å². The molecule has 9 nitrogen and oxygen atoms in total. The Hall–Kier alpha value is -4.14. The van der Waals surface area contributed by atoms with Crippen molar-refractivity contribution in [1.82, 2.24) is 9.97 Å². The van der Waals surface area contributed by atoms with E-state index < -0.39 is 0 Å². The molecule has 2 saturated heterocycles. The zero-order valence-electron chi connectivity index (χ0n) is 18.5. The molecule has 2 fully saturated rings. The summed E-state index contributed by atoms with van der Waals surface area (Å²) in [4.78, 5) is 36.8. The summed E-state index contributed by atoms with van der Waals surface area (Å²) in [6.45, 7) is 1.24. The van der Waals surface area contributed by atoms with Gasteiger partial charge < -0.3 is 25.6 Å². The molecule has 3 aliphatic rings. The molecule has 172 valence electrons. The van der Waals surface area contributed by atoms with Gasteiger partial charge in [-0.05, 0) is 48.7 Å². The third-order valence-corrected chi connectivity index (χ3v) is 6.59. The minimum absolute atomic E-state index is 0.0695. The number of nitrogens with one attached hydrogen (secondary N) is 1. The molecule has 1 atom stereocenters. The Labute approximate surface area is 196 Å². The molecular weight excluding hydrogens is 432 g/mol. The average Bonchev–Trinajstić information content (AvgIpc) is 3.45. The SMILES string of the molecule is Nc1nc(Nc2cnc3c(c2)N2C(=O)CC[C@H]2CO3)ccc1-c1ccc(N2CCCC2=O)cc1. The highest BCUT2D eigenvalue weighted by molar-refractivity contribution is 5.98. The van der Waals surface area contributed by atoms with Gasteiger partial charge in [0.1, 0.15) is 23.9 Å². The lowest BCUT2D eigenvalue weighted by molar-refractivity contribution is -0.118. The number of carbonyl (C=O) groups excluding carboxylic acids is 2. The summed E-state index contributed by atoms with van der Waals surface area (Å²) < 4.78 is 5.73. The molecule has 2 amide bonds. The van der Waals surface area contributed by atoms with Crippen molar-refractivity contribution in [2.75, 3.05) is 34.0 Å². The molecule has 3 aliphatic heterocycles.